The Labute approximate surface area is 178 Å². The quantitative estimate of drug-likeness (QED) is 0.836. The van der Waals surface area contributed by atoms with E-state index in [1.165, 1.54) is 12.8 Å². The number of para-hydroxylation sites is 1. The summed E-state index contributed by atoms with van der Waals surface area (Å²) >= 11 is 0. The molecule has 1 N–H and O–H groups in total. The fourth-order valence-corrected chi connectivity index (χ4v) is 5.07. The maximum atomic E-state index is 12.8. The first-order valence-corrected chi connectivity index (χ1v) is 11.1. The van der Waals surface area contributed by atoms with Gasteiger partial charge in [-0.2, -0.15) is 0 Å². The van der Waals surface area contributed by atoms with Crippen LogP contribution >= 0.6 is 0 Å². The minimum atomic E-state index is 0.0598. The molecule has 0 radical (unpaired) electrons. The first-order chi connectivity index (χ1) is 14.6. The fraction of sp³-hybridized carbons (Fsp3) is 0.500. The van der Waals surface area contributed by atoms with Crippen molar-refractivity contribution in [2.24, 2.45) is 11.8 Å². The summed E-state index contributed by atoms with van der Waals surface area (Å²) in [5.74, 6) is 1.93. The van der Waals surface area contributed by atoms with Crippen LogP contribution in [0, 0.1) is 11.8 Å². The van der Waals surface area contributed by atoms with Gasteiger partial charge < -0.3 is 19.9 Å². The van der Waals surface area contributed by atoms with Crippen LogP contribution in [0.5, 0.6) is 0 Å². The molecule has 3 heterocycles. The van der Waals surface area contributed by atoms with Crippen molar-refractivity contribution < 1.29 is 9.53 Å². The summed E-state index contributed by atoms with van der Waals surface area (Å²) in [5, 5.41) is 3.75. The second kappa shape index (κ2) is 7.91. The molecule has 158 valence electrons. The summed E-state index contributed by atoms with van der Waals surface area (Å²) in [6.45, 7) is 7.10. The number of aromatic nitrogens is 1. The predicted octanol–water partition coefficient (Wildman–Crippen LogP) is 3.85. The van der Waals surface area contributed by atoms with Gasteiger partial charge in [-0.25, -0.2) is 4.98 Å². The third-order valence-electron chi connectivity index (χ3n) is 6.68. The van der Waals surface area contributed by atoms with E-state index in [1.807, 2.05) is 11.0 Å². The van der Waals surface area contributed by atoms with Crippen LogP contribution in [0.3, 0.4) is 0 Å². The number of benzene rings is 1. The molecule has 1 saturated carbocycles. The molecule has 0 spiro atoms. The first-order valence-electron chi connectivity index (χ1n) is 11.1. The van der Waals surface area contributed by atoms with Crippen LogP contribution in [0.2, 0.25) is 0 Å². The second-order valence-corrected chi connectivity index (χ2v) is 8.74. The number of carbonyl (C=O) groups excluding carboxylic acids is 1. The van der Waals surface area contributed by atoms with Crippen LogP contribution in [0.15, 0.2) is 42.5 Å². The molecule has 1 aliphatic carbocycles. The highest BCUT2D eigenvalue weighted by Crippen LogP contribution is 2.49. The number of nitrogens with zero attached hydrogens (tertiary/aromatic N) is 3. The summed E-state index contributed by atoms with van der Waals surface area (Å²) < 4.78 is 5.51. The van der Waals surface area contributed by atoms with E-state index < -0.39 is 0 Å². The third kappa shape index (κ3) is 3.54. The van der Waals surface area contributed by atoms with Crippen LogP contribution < -0.4 is 15.1 Å². The van der Waals surface area contributed by atoms with Gasteiger partial charge in [0.1, 0.15) is 5.82 Å². The van der Waals surface area contributed by atoms with Crippen molar-refractivity contribution in [2.75, 3.05) is 41.4 Å². The average Bonchev–Trinajstić information content (AvgIpc) is 3.61. The van der Waals surface area contributed by atoms with Gasteiger partial charge in [0.05, 0.1) is 30.6 Å². The van der Waals surface area contributed by atoms with Gasteiger partial charge in [0, 0.05) is 37.7 Å². The Balaban J connectivity index is 1.58. The SMILES string of the molecule is CC(=O)N1c2ccc(N3CCOCC3)nc2[C@H](Nc2ccccc2)[C@@H](C)[C@@H]1C1CC1. The molecule has 30 heavy (non-hydrogen) atoms. The number of ether oxygens (including phenoxy) is 1. The van der Waals surface area contributed by atoms with Gasteiger partial charge in [0.25, 0.3) is 0 Å². The average molecular weight is 407 g/mol. The zero-order valence-electron chi connectivity index (χ0n) is 17.8. The lowest BCUT2D eigenvalue weighted by Crippen LogP contribution is -2.51. The molecule has 3 aliphatic rings. The monoisotopic (exact) mass is 406 g/mol. The van der Waals surface area contributed by atoms with E-state index in [1.54, 1.807) is 6.92 Å². The summed E-state index contributed by atoms with van der Waals surface area (Å²) in [4.78, 5) is 22.2. The predicted molar refractivity (Wildman–Crippen MR) is 119 cm³/mol. The standard InChI is InChI=1S/C24H30N4O2/c1-16-22(25-19-6-4-3-5-7-19)23-20(28(17(2)29)24(16)18-8-9-18)10-11-21(26-23)27-12-14-30-15-13-27/h3-7,10-11,16,18,22,24-25H,8-9,12-15H2,1-2H3/t16-,22-,24-/m1/s1. The van der Waals surface area contributed by atoms with Crippen molar-refractivity contribution in [1.82, 2.24) is 4.98 Å². The zero-order chi connectivity index (χ0) is 20.7. The van der Waals surface area contributed by atoms with Crippen LogP contribution in [-0.2, 0) is 9.53 Å². The summed E-state index contributed by atoms with van der Waals surface area (Å²) in [5.41, 5.74) is 3.02. The molecule has 6 heteroatoms. The number of nitrogens with one attached hydrogen (secondary N) is 1. The molecule has 3 atom stereocenters. The Kier molecular flexibility index (Phi) is 5.11. The third-order valence-corrected chi connectivity index (χ3v) is 6.68. The molecule has 0 unspecified atom stereocenters. The number of anilines is 3. The van der Waals surface area contributed by atoms with Crippen LogP contribution in [0.1, 0.15) is 38.4 Å². The van der Waals surface area contributed by atoms with E-state index in [0.29, 0.717) is 5.92 Å². The normalized spacial score (nSPS) is 26.3. The van der Waals surface area contributed by atoms with Gasteiger partial charge >= 0.3 is 0 Å². The topological polar surface area (TPSA) is 57.7 Å². The van der Waals surface area contributed by atoms with Crippen molar-refractivity contribution in [3.8, 4) is 0 Å². The molecule has 1 aromatic heterocycles. The number of hydrogen-bond donors (Lipinski definition) is 1. The van der Waals surface area contributed by atoms with Crippen molar-refractivity contribution in [3.63, 3.8) is 0 Å². The molecular formula is C24H30N4O2. The van der Waals surface area contributed by atoms with Gasteiger partial charge in [-0.1, -0.05) is 25.1 Å². The summed E-state index contributed by atoms with van der Waals surface area (Å²) in [6, 6.07) is 14.8. The number of morpholine rings is 1. The molecule has 6 nitrogen and oxygen atoms in total. The molecule has 1 amide bonds. The Bertz CT molecular complexity index is 909. The van der Waals surface area contributed by atoms with Crippen molar-refractivity contribution in [2.45, 2.75) is 38.8 Å². The second-order valence-electron chi connectivity index (χ2n) is 8.74. The van der Waals surface area contributed by atoms with Crippen LogP contribution in [-0.4, -0.2) is 43.2 Å². The lowest BCUT2D eigenvalue weighted by atomic mass is 9.82. The summed E-state index contributed by atoms with van der Waals surface area (Å²) in [7, 11) is 0. The highest BCUT2D eigenvalue weighted by Gasteiger charge is 2.48. The summed E-state index contributed by atoms with van der Waals surface area (Å²) in [6.07, 6.45) is 2.40. The Hall–Kier alpha value is -2.60. The first kappa shape index (κ1) is 19.4. The number of hydrogen-bond acceptors (Lipinski definition) is 5. The number of carbonyl (C=O) groups is 1. The van der Waals surface area contributed by atoms with Gasteiger partial charge in [-0.05, 0) is 43.0 Å². The number of rotatable bonds is 4. The number of pyridine rings is 1. The van der Waals surface area contributed by atoms with Gasteiger partial charge in [0.2, 0.25) is 5.91 Å². The maximum absolute atomic E-state index is 12.8. The number of fused-ring (bicyclic) bond motifs is 1. The maximum Gasteiger partial charge on any atom is 0.224 e. The Morgan fingerprint density at radius 1 is 1.10 bits per heavy atom. The highest BCUT2D eigenvalue weighted by atomic mass is 16.5. The van der Waals surface area contributed by atoms with Gasteiger partial charge in [-0.15, -0.1) is 0 Å². The van der Waals surface area contributed by atoms with Crippen molar-refractivity contribution in [3.05, 3.63) is 48.2 Å². The highest BCUT2D eigenvalue weighted by molar-refractivity contribution is 5.94. The fourth-order valence-electron chi connectivity index (χ4n) is 5.07. The Morgan fingerprint density at radius 3 is 2.50 bits per heavy atom. The molecule has 2 fully saturated rings. The Morgan fingerprint density at radius 2 is 1.83 bits per heavy atom. The van der Waals surface area contributed by atoms with E-state index in [0.717, 1.165) is 49.2 Å². The van der Waals surface area contributed by atoms with Crippen LogP contribution in [0.4, 0.5) is 17.2 Å². The largest absolute Gasteiger partial charge is 0.378 e. The molecule has 5 rings (SSSR count). The van der Waals surface area contributed by atoms with E-state index in [4.69, 9.17) is 9.72 Å². The molecular weight excluding hydrogens is 376 g/mol. The van der Waals surface area contributed by atoms with Crippen molar-refractivity contribution in [1.29, 1.82) is 0 Å². The molecule has 1 saturated heterocycles. The lowest BCUT2D eigenvalue weighted by molar-refractivity contribution is -0.117. The minimum absolute atomic E-state index is 0.0598. The van der Waals surface area contributed by atoms with Gasteiger partial charge in [-0.3, -0.25) is 4.79 Å². The molecule has 0 bridgehead atoms. The van der Waals surface area contributed by atoms with E-state index >= 15 is 0 Å². The lowest BCUT2D eigenvalue weighted by Gasteiger charge is -2.45. The van der Waals surface area contributed by atoms with E-state index in [2.05, 4.69) is 53.5 Å². The molecule has 2 aromatic rings. The zero-order valence-corrected chi connectivity index (χ0v) is 17.8. The molecule has 2 aliphatic heterocycles. The van der Waals surface area contributed by atoms with E-state index in [9.17, 15) is 4.79 Å². The van der Waals surface area contributed by atoms with Crippen LogP contribution in [0.25, 0.3) is 0 Å². The minimum Gasteiger partial charge on any atom is -0.378 e. The number of amides is 1. The van der Waals surface area contributed by atoms with E-state index in [-0.39, 0.29) is 23.9 Å². The van der Waals surface area contributed by atoms with Gasteiger partial charge in [0.15, 0.2) is 0 Å². The van der Waals surface area contributed by atoms with Crippen molar-refractivity contribution >= 4 is 23.1 Å². The molecule has 1 aromatic carbocycles. The smallest absolute Gasteiger partial charge is 0.224 e.